The van der Waals surface area contributed by atoms with E-state index in [2.05, 4.69) is 21.1 Å². The molecule has 0 aliphatic heterocycles. The van der Waals surface area contributed by atoms with Crippen LogP contribution in [0, 0.1) is 0 Å². The molecule has 6 heteroatoms. The van der Waals surface area contributed by atoms with Crippen LogP contribution in [0.1, 0.15) is 26.7 Å². The maximum absolute atomic E-state index is 11.2. The van der Waals surface area contributed by atoms with Crippen LogP contribution in [0.2, 0.25) is 0 Å². The van der Waals surface area contributed by atoms with Gasteiger partial charge in [-0.2, -0.15) is 0 Å². The number of nitrogens with two attached hydrogens (primary N) is 1. The Morgan fingerprint density at radius 1 is 1.20 bits per heavy atom. The maximum atomic E-state index is 11.2. The van der Waals surface area contributed by atoms with Crippen molar-refractivity contribution in [3.63, 3.8) is 0 Å². The second-order valence-corrected chi connectivity index (χ2v) is 3.09. The number of hydrogen-bond donors (Lipinski definition) is 4. The first-order valence-electron chi connectivity index (χ1n) is 5.26. The maximum Gasteiger partial charge on any atom is 0.241 e. The lowest BCUT2D eigenvalue weighted by Crippen LogP contribution is -2.42. The van der Waals surface area contributed by atoms with Crippen molar-refractivity contribution in [3.05, 3.63) is 0 Å². The molecule has 6 nitrogen and oxygen atoms in total. The van der Waals surface area contributed by atoms with Crippen molar-refractivity contribution in [2.45, 2.75) is 26.7 Å². The Kier molecular flexibility index (Phi) is 8.46. The van der Waals surface area contributed by atoms with Gasteiger partial charge in [0.25, 0.3) is 0 Å². The minimum absolute atomic E-state index is 0.0935. The average molecular weight is 215 g/mol. The largest absolute Gasteiger partial charge is 0.355 e. The third-order valence-corrected chi connectivity index (χ3v) is 1.63. The Balaban J connectivity index is 3.82. The van der Waals surface area contributed by atoms with Gasteiger partial charge in [0.15, 0.2) is 0 Å². The molecule has 0 aromatic heterocycles. The van der Waals surface area contributed by atoms with Crippen molar-refractivity contribution >= 4 is 11.9 Å². The molecule has 0 aliphatic rings. The number of hydrogen-bond acceptors (Lipinski definition) is 3. The van der Waals surface area contributed by atoms with E-state index in [1.54, 1.807) is 0 Å². The van der Waals surface area contributed by atoms with Crippen molar-refractivity contribution in [2.24, 2.45) is 10.8 Å². The monoisotopic (exact) mass is 215 g/mol. The molecule has 0 saturated carbocycles. The second kappa shape index (κ2) is 9.26. The Morgan fingerprint density at radius 3 is 2.33 bits per heavy atom. The van der Waals surface area contributed by atoms with Crippen molar-refractivity contribution in [1.29, 1.82) is 0 Å². The van der Waals surface area contributed by atoms with Crippen LogP contribution in [0.3, 0.4) is 0 Å². The van der Waals surface area contributed by atoms with E-state index in [0.717, 1.165) is 19.4 Å². The molecule has 15 heavy (non-hydrogen) atoms. The smallest absolute Gasteiger partial charge is 0.241 e. The van der Waals surface area contributed by atoms with E-state index in [1.165, 1.54) is 0 Å². The minimum Gasteiger partial charge on any atom is -0.355 e. The number of amides is 1. The van der Waals surface area contributed by atoms with Gasteiger partial charge in [0.05, 0.1) is 0 Å². The zero-order chi connectivity index (χ0) is 11.5. The molecule has 5 N–H and O–H groups in total. The molecule has 0 radical (unpaired) electrons. The predicted octanol–water partition coefficient (Wildman–Crippen LogP) is -0.668. The van der Waals surface area contributed by atoms with Gasteiger partial charge in [-0.05, 0) is 12.8 Å². The first kappa shape index (κ1) is 13.7. The lowest BCUT2D eigenvalue weighted by molar-refractivity contribution is -0.119. The Hall–Kier alpha value is -1.30. The van der Waals surface area contributed by atoms with E-state index in [-0.39, 0.29) is 12.5 Å². The molecule has 88 valence electrons. The minimum atomic E-state index is -0.0945. The fraction of sp³-hybridized carbons (Fsp3) is 0.778. The van der Waals surface area contributed by atoms with Crippen LogP contribution in [-0.2, 0) is 4.79 Å². The van der Waals surface area contributed by atoms with Gasteiger partial charge >= 0.3 is 0 Å². The summed E-state index contributed by atoms with van der Waals surface area (Å²) in [6, 6.07) is 0. The number of carbonyl (C=O) groups excluding carboxylic acids is 1. The molecule has 0 aromatic carbocycles. The number of nitrogens with zero attached hydrogens (tertiary/aromatic N) is 1. The number of aliphatic imine (C=N–C) groups is 1. The second-order valence-electron chi connectivity index (χ2n) is 3.09. The molecule has 0 atom stereocenters. The molecule has 0 rings (SSSR count). The Bertz CT molecular complexity index is 205. The highest BCUT2D eigenvalue weighted by atomic mass is 16.1. The van der Waals surface area contributed by atoms with E-state index < -0.39 is 0 Å². The fourth-order valence-corrected chi connectivity index (χ4v) is 0.867. The van der Waals surface area contributed by atoms with Crippen LogP contribution in [0.25, 0.3) is 0 Å². The predicted molar refractivity (Wildman–Crippen MR) is 61.2 cm³/mol. The molecule has 0 fully saturated rings. The van der Waals surface area contributed by atoms with E-state index in [0.29, 0.717) is 12.5 Å². The lowest BCUT2D eigenvalue weighted by Gasteiger charge is -2.07. The summed E-state index contributed by atoms with van der Waals surface area (Å²) in [4.78, 5) is 15.2. The summed E-state index contributed by atoms with van der Waals surface area (Å²) < 4.78 is 0. The summed E-state index contributed by atoms with van der Waals surface area (Å²) >= 11 is 0. The Morgan fingerprint density at radius 2 is 1.80 bits per heavy atom. The average Bonchev–Trinajstić information content (AvgIpc) is 2.26. The summed E-state index contributed by atoms with van der Waals surface area (Å²) in [6.45, 7) is 5.59. The lowest BCUT2D eigenvalue weighted by atomic mass is 10.4. The first-order valence-corrected chi connectivity index (χ1v) is 5.26. The third kappa shape index (κ3) is 7.75. The topological polar surface area (TPSA) is 91.5 Å². The van der Waals surface area contributed by atoms with Crippen molar-refractivity contribution in [3.8, 4) is 0 Å². The van der Waals surface area contributed by atoms with Crippen molar-refractivity contribution in [1.82, 2.24) is 16.1 Å². The highest BCUT2D eigenvalue weighted by Crippen LogP contribution is 1.77. The molecule has 0 unspecified atom stereocenters. The molecular formula is C9H21N5O. The number of guanidine groups is 1. The number of rotatable bonds is 6. The van der Waals surface area contributed by atoms with E-state index in [4.69, 9.17) is 5.84 Å². The molecule has 0 heterocycles. The van der Waals surface area contributed by atoms with Crippen LogP contribution < -0.4 is 21.9 Å². The van der Waals surface area contributed by atoms with Crippen LogP contribution in [0.4, 0.5) is 0 Å². The number of carbonyl (C=O) groups is 1. The summed E-state index contributed by atoms with van der Waals surface area (Å²) in [5, 5.41) is 5.69. The van der Waals surface area contributed by atoms with Gasteiger partial charge in [-0.1, -0.05) is 13.8 Å². The normalized spacial score (nSPS) is 11.0. The summed E-state index contributed by atoms with van der Waals surface area (Å²) in [5.74, 6) is 5.58. The number of hydrazine groups is 1. The first-order chi connectivity index (χ1) is 7.24. The van der Waals surface area contributed by atoms with Gasteiger partial charge in [0.1, 0.15) is 6.54 Å². The van der Waals surface area contributed by atoms with Gasteiger partial charge in [-0.15, -0.1) is 0 Å². The van der Waals surface area contributed by atoms with Gasteiger partial charge in [0, 0.05) is 13.1 Å². The van der Waals surface area contributed by atoms with Crippen LogP contribution in [-0.4, -0.2) is 31.5 Å². The molecular weight excluding hydrogens is 194 g/mol. The van der Waals surface area contributed by atoms with Crippen molar-refractivity contribution < 1.29 is 4.79 Å². The summed E-state index contributed by atoms with van der Waals surface area (Å²) in [7, 11) is 0. The molecule has 0 bridgehead atoms. The van der Waals surface area contributed by atoms with Crippen molar-refractivity contribution in [2.75, 3.05) is 19.6 Å². The van der Waals surface area contributed by atoms with Crippen LogP contribution in [0.15, 0.2) is 4.99 Å². The number of nitrogens with one attached hydrogen (secondary N) is 3. The summed E-state index contributed by atoms with van der Waals surface area (Å²) in [5.41, 5.74) is 2.41. The zero-order valence-electron chi connectivity index (χ0n) is 9.47. The summed E-state index contributed by atoms with van der Waals surface area (Å²) in [6.07, 6.45) is 1.90. The van der Waals surface area contributed by atoms with Gasteiger partial charge in [-0.3, -0.25) is 10.2 Å². The van der Waals surface area contributed by atoms with Crippen LogP contribution >= 0.6 is 0 Å². The zero-order valence-corrected chi connectivity index (χ0v) is 9.47. The Labute approximate surface area is 90.7 Å². The highest BCUT2D eigenvalue weighted by Gasteiger charge is 1.99. The van der Waals surface area contributed by atoms with Crippen LogP contribution in [0.5, 0.6) is 0 Å². The van der Waals surface area contributed by atoms with E-state index in [1.807, 2.05) is 13.8 Å². The van der Waals surface area contributed by atoms with E-state index >= 15 is 0 Å². The standard InChI is InChI=1S/C9H21N5O/c1-3-5-11-8(15)7-13-9(14-10)12-6-4-2/h3-7,10H2,1-2H3,(H,11,15)(H2,12,13,14). The molecule has 0 saturated heterocycles. The fourth-order valence-electron chi connectivity index (χ4n) is 0.867. The van der Waals surface area contributed by atoms with E-state index in [9.17, 15) is 4.79 Å². The van der Waals surface area contributed by atoms with Gasteiger partial charge in [-0.25, -0.2) is 10.8 Å². The quantitative estimate of drug-likeness (QED) is 0.205. The molecule has 0 aromatic rings. The molecule has 0 aliphatic carbocycles. The molecule has 0 spiro atoms. The SMILES string of the molecule is CCCNC(=O)CN=C(NN)NCCC. The highest BCUT2D eigenvalue weighted by molar-refractivity contribution is 5.84. The van der Waals surface area contributed by atoms with Gasteiger partial charge < -0.3 is 10.6 Å². The molecule has 1 amide bonds. The third-order valence-electron chi connectivity index (χ3n) is 1.63. The van der Waals surface area contributed by atoms with Gasteiger partial charge in [0.2, 0.25) is 11.9 Å².